The SMILES string of the molecule is CNC(=O)CCNCC(=O)Nc1ccc(Cl)cc1. The lowest BCUT2D eigenvalue weighted by molar-refractivity contribution is -0.121. The van der Waals surface area contributed by atoms with Gasteiger partial charge in [-0.2, -0.15) is 0 Å². The molecule has 2 amide bonds. The average molecular weight is 270 g/mol. The van der Waals surface area contributed by atoms with E-state index in [1.807, 2.05) is 0 Å². The van der Waals surface area contributed by atoms with E-state index in [1.165, 1.54) is 0 Å². The quantitative estimate of drug-likeness (QED) is 0.675. The van der Waals surface area contributed by atoms with E-state index in [1.54, 1.807) is 31.3 Å². The molecule has 0 aromatic heterocycles. The van der Waals surface area contributed by atoms with Crippen LogP contribution >= 0.6 is 11.6 Å². The van der Waals surface area contributed by atoms with E-state index in [2.05, 4.69) is 16.0 Å². The average Bonchev–Trinajstić information content (AvgIpc) is 2.37. The van der Waals surface area contributed by atoms with Crippen molar-refractivity contribution in [3.63, 3.8) is 0 Å². The largest absolute Gasteiger partial charge is 0.359 e. The van der Waals surface area contributed by atoms with Crippen LogP contribution in [-0.2, 0) is 9.59 Å². The lowest BCUT2D eigenvalue weighted by Crippen LogP contribution is -2.31. The molecule has 1 aromatic rings. The Morgan fingerprint density at radius 1 is 1.17 bits per heavy atom. The molecule has 0 saturated heterocycles. The van der Waals surface area contributed by atoms with E-state index < -0.39 is 0 Å². The van der Waals surface area contributed by atoms with Crippen molar-refractivity contribution in [1.29, 1.82) is 0 Å². The maximum atomic E-state index is 11.5. The molecule has 0 saturated carbocycles. The van der Waals surface area contributed by atoms with Crippen molar-refractivity contribution in [3.05, 3.63) is 29.3 Å². The van der Waals surface area contributed by atoms with Gasteiger partial charge in [0, 0.05) is 30.7 Å². The number of halogens is 1. The van der Waals surface area contributed by atoms with Crippen molar-refractivity contribution in [2.45, 2.75) is 6.42 Å². The fourth-order valence-electron chi connectivity index (χ4n) is 1.27. The number of anilines is 1. The number of hydrogen-bond acceptors (Lipinski definition) is 3. The third-order valence-corrected chi connectivity index (χ3v) is 2.47. The van der Waals surface area contributed by atoms with Crippen molar-refractivity contribution >= 4 is 29.1 Å². The standard InChI is InChI=1S/C12H16ClN3O2/c1-14-11(17)6-7-15-8-12(18)16-10-4-2-9(13)3-5-10/h2-5,15H,6-8H2,1H3,(H,14,17)(H,16,18). The van der Waals surface area contributed by atoms with E-state index in [-0.39, 0.29) is 18.4 Å². The molecule has 0 fully saturated rings. The van der Waals surface area contributed by atoms with Gasteiger partial charge in [-0.25, -0.2) is 0 Å². The van der Waals surface area contributed by atoms with E-state index >= 15 is 0 Å². The topological polar surface area (TPSA) is 70.2 Å². The Balaban J connectivity index is 2.21. The molecule has 0 atom stereocenters. The minimum absolute atomic E-state index is 0.0550. The second-order valence-electron chi connectivity index (χ2n) is 3.66. The molecule has 0 aliphatic rings. The molecule has 0 radical (unpaired) electrons. The molecule has 98 valence electrons. The molecule has 0 heterocycles. The van der Waals surface area contributed by atoms with Gasteiger partial charge in [-0.3, -0.25) is 9.59 Å². The van der Waals surface area contributed by atoms with Crippen LogP contribution < -0.4 is 16.0 Å². The molecule has 0 spiro atoms. The van der Waals surface area contributed by atoms with E-state index in [0.29, 0.717) is 23.7 Å². The first-order valence-corrected chi connectivity index (χ1v) is 5.96. The predicted molar refractivity (Wildman–Crippen MR) is 71.6 cm³/mol. The van der Waals surface area contributed by atoms with Crippen LogP contribution in [0, 0.1) is 0 Å². The molecule has 5 nitrogen and oxygen atoms in total. The summed E-state index contributed by atoms with van der Waals surface area (Å²) in [5.74, 6) is -0.213. The summed E-state index contributed by atoms with van der Waals surface area (Å²) >= 11 is 5.73. The Hall–Kier alpha value is -1.59. The molecule has 6 heteroatoms. The van der Waals surface area contributed by atoms with Crippen molar-refractivity contribution in [2.24, 2.45) is 0 Å². The molecular formula is C12H16ClN3O2. The monoisotopic (exact) mass is 269 g/mol. The highest BCUT2D eigenvalue weighted by molar-refractivity contribution is 6.30. The van der Waals surface area contributed by atoms with Crippen LogP contribution in [0.15, 0.2) is 24.3 Å². The summed E-state index contributed by atoms with van der Waals surface area (Å²) in [5.41, 5.74) is 0.692. The van der Waals surface area contributed by atoms with Crippen molar-refractivity contribution in [2.75, 3.05) is 25.5 Å². The molecule has 1 rings (SSSR count). The molecule has 3 N–H and O–H groups in total. The van der Waals surface area contributed by atoms with Crippen LogP contribution in [0.2, 0.25) is 5.02 Å². The van der Waals surface area contributed by atoms with Crippen LogP contribution in [0.4, 0.5) is 5.69 Å². The zero-order valence-electron chi connectivity index (χ0n) is 10.1. The summed E-state index contributed by atoms with van der Waals surface area (Å²) in [7, 11) is 1.58. The van der Waals surface area contributed by atoms with Crippen molar-refractivity contribution < 1.29 is 9.59 Å². The summed E-state index contributed by atoms with van der Waals surface area (Å²) in [5, 5.41) is 8.72. The predicted octanol–water partition coefficient (Wildman–Crippen LogP) is 1.00. The Morgan fingerprint density at radius 3 is 2.44 bits per heavy atom. The van der Waals surface area contributed by atoms with Gasteiger partial charge in [0.25, 0.3) is 0 Å². The second kappa shape index (κ2) is 7.68. The number of amides is 2. The van der Waals surface area contributed by atoms with Crippen LogP contribution in [-0.4, -0.2) is 32.0 Å². The lowest BCUT2D eigenvalue weighted by Gasteiger charge is -2.06. The van der Waals surface area contributed by atoms with E-state index in [4.69, 9.17) is 11.6 Å². The second-order valence-corrected chi connectivity index (χ2v) is 4.09. The van der Waals surface area contributed by atoms with Gasteiger partial charge in [0.2, 0.25) is 11.8 Å². The summed E-state index contributed by atoms with van der Waals surface area (Å²) in [6.07, 6.45) is 0.352. The molecule has 0 unspecified atom stereocenters. The highest BCUT2D eigenvalue weighted by Crippen LogP contribution is 2.12. The van der Waals surface area contributed by atoms with Gasteiger partial charge < -0.3 is 16.0 Å². The first-order valence-electron chi connectivity index (χ1n) is 5.58. The van der Waals surface area contributed by atoms with Crippen LogP contribution in [0.1, 0.15) is 6.42 Å². The normalized spacial score (nSPS) is 9.89. The zero-order valence-corrected chi connectivity index (χ0v) is 10.9. The smallest absolute Gasteiger partial charge is 0.238 e. The number of nitrogens with one attached hydrogen (secondary N) is 3. The Kier molecular flexibility index (Phi) is 6.18. The van der Waals surface area contributed by atoms with Gasteiger partial charge >= 0.3 is 0 Å². The molecule has 18 heavy (non-hydrogen) atoms. The van der Waals surface area contributed by atoms with Crippen LogP contribution in [0.25, 0.3) is 0 Å². The Bertz CT molecular complexity index is 406. The van der Waals surface area contributed by atoms with E-state index in [0.717, 1.165) is 0 Å². The number of rotatable bonds is 6. The molecule has 0 bridgehead atoms. The maximum absolute atomic E-state index is 11.5. The Labute approximate surface area is 111 Å². The molecule has 1 aromatic carbocycles. The minimum atomic E-state index is -0.158. The fraction of sp³-hybridized carbons (Fsp3) is 0.333. The summed E-state index contributed by atoms with van der Waals surface area (Å²) in [6, 6.07) is 6.86. The van der Waals surface area contributed by atoms with Gasteiger partial charge in [-0.1, -0.05) is 11.6 Å². The molecular weight excluding hydrogens is 254 g/mol. The summed E-state index contributed by atoms with van der Waals surface area (Å²) < 4.78 is 0. The number of carbonyl (C=O) groups is 2. The highest BCUT2D eigenvalue weighted by atomic mass is 35.5. The van der Waals surface area contributed by atoms with Gasteiger partial charge in [-0.05, 0) is 24.3 Å². The number of carbonyl (C=O) groups excluding carboxylic acids is 2. The van der Waals surface area contributed by atoms with Gasteiger partial charge in [0.05, 0.1) is 6.54 Å². The van der Waals surface area contributed by atoms with E-state index in [9.17, 15) is 9.59 Å². The highest BCUT2D eigenvalue weighted by Gasteiger charge is 2.02. The third-order valence-electron chi connectivity index (χ3n) is 2.22. The fourth-order valence-corrected chi connectivity index (χ4v) is 1.39. The van der Waals surface area contributed by atoms with Gasteiger partial charge in [0.1, 0.15) is 0 Å². The number of hydrogen-bond donors (Lipinski definition) is 3. The molecule has 0 aliphatic carbocycles. The first-order chi connectivity index (χ1) is 8.61. The van der Waals surface area contributed by atoms with Gasteiger partial charge in [0.15, 0.2) is 0 Å². The number of benzene rings is 1. The lowest BCUT2D eigenvalue weighted by atomic mass is 10.3. The Morgan fingerprint density at radius 2 is 1.83 bits per heavy atom. The molecule has 0 aliphatic heterocycles. The zero-order chi connectivity index (χ0) is 13.4. The first kappa shape index (κ1) is 14.5. The third kappa shape index (κ3) is 5.65. The van der Waals surface area contributed by atoms with Crippen molar-refractivity contribution in [1.82, 2.24) is 10.6 Å². The van der Waals surface area contributed by atoms with Crippen molar-refractivity contribution in [3.8, 4) is 0 Å². The van der Waals surface area contributed by atoms with Crippen LogP contribution in [0.3, 0.4) is 0 Å². The summed E-state index contributed by atoms with van der Waals surface area (Å²) in [6.45, 7) is 0.632. The van der Waals surface area contributed by atoms with Gasteiger partial charge in [-0.15, -0.1) is 0 Å². The summed E-state index contributed by atoms with van der Waals surface area (Å²) in [4.78, 5) is 22.4. The van der Waals surface area contributed by atoms with Crippen LogP contribution in [0.5, 0.6) is 0 Å². The minimum Gasteiger partial charge on any atom is -0.359 e. The maximum Gasteiger partial charge on any atom is 0.238 e.